The number of halogens is 1. The molecule has 0 bridgehead atoms. The van der Waals surface area contributed by atoms with Crippen molar-refractivity contribution in [1.82, 2.24) is 39.7 Å². The number of nitrogens with zero attached hydrogens (tertiary/aromatic N) is 7. The summed E-state index contributed by atoms with van der Waals surface area (Å²) in [7, 11) is 1.77. The predicted octanol–water partition coefficient (Wildman–Crippen LogP) is 2.12. The Kier molecular flexibility index (Phi) is 5.50. The third-order valence-electron chi connectivity index (χ3n) is 5.08. The minimum atomic E-state index is -1.50. The van der Waals surface area contributed by atoms with E-state index in [1.54, 1.807) is 19.4 Å². The third-order valence-corrected chi connectivity index (χ3v) is 5.37. The Balaban J connectivity index is 0.000000418. The zero-order valence-corrected chi connectivity index (χ0v) is 18.1. The average molecular weight is 447 g/mol. The molecule has 0 saturated heterocycles. The Bertz CT molecular complexity index is 1230. The van der Waals surface area contributed by atoms with Gasteiger partial charge in [0, 0.05) is 17.3 Å². The average Bonchev–Trinajstić information content (AvgIpc) is 3.44. The molecule has 1 fully saturated rings. The van der Waals surface area contributed by atoms with Gasteiger partial charge in [-0.3, -0.25) is 4.79 Å². The lowest BCUT2D eigenvalue weighted by Crippen LogP contribution is -2.15. The molecule has 31 heavy (non-hydrogen) atoms. The lowest BCUT2D eigenvalue weighted by atomic mass is 10.1. The van der Waals surface area contributed by atoms with Crippen molar-refractivity contribution in [2.24, 2.45) is 7.05 Å². The van der Waals surface area contributed by atoms with Gasteiger partial charge in [-0.05, 0) is 44.4 Å². The van der Waals surface area contributed by atoms with Crippen LogP contribution < -0.4 is 0 Å². The van der Waals surface area contributed by atoms with Crippen LogP contribution in [0.15, 0.2) is 12.4 Å². The quantitative estimate of drug-likeness (QED) is 0.246. The fourth-order valence-corrected chi connectivity index (χ4v) is 4.09. The van der Waals surface area contributed by atoms with E-state index in [9.17, 15) is 4.79 Å². The Morgan fingerprint density at radius 3 is 2.71 bits per heavy atom. The highest BCUT2D eigenvalue weighted by molar-refractivity contribution is 6.35. The lowest BCUT2D eigenvalue weighted by molar-refractivity contribution is -0.127. The Morgan fingerprint density at radius 1 is 1.32 bits per heavy atom. The van der Waals surface area contributed by atoms with E-state index in [-0.39, 0.29) is 12.0 Å². The molecule has 4 aromatic heterocycles. The maximum atomic E-state index is 11.1. The van der Waals surface area contributed by atoms with Crippen LogP contribution in [0.1, 0.15) is 61.4 Å². The van der Waals surface area contributed by atoms with Gasteiger partial charge in [0.1, 0.15) is 10.7 Å². The molecule has 2 atom stereocenters. The first kappa shape index (κ1) is 21.3. The smallest absolute Gasteiger partial charge is 0.177 e. The second-order valence-corrected chi connectivity index (χ2v) is 8.51. The molecule has 11 nitrogen and oxygen atoms in total. The molecule has 0 aliphatic heterocycles. The van der Waals surface area contributed by atoms with Gasteiger partial charge < -0.3 is 19.8 Å². The van der Waals surface area contributed by atoms with Crippen molar-refractivity contribution in [1.29, 1.82) is 0 Å². The number of hydrogen-bond donors (Lipinski definition) is 3. The second kappa shape index (κ2) is 7.98. The molecule has 4 aromatic rings. The first-order valence-corrected chi connectivity index (χ1v) is 10.2. The van der Waals surface area contributed by atoms with E-state index < -0.39 is 5.79 Å². The molecule has 0 spiro atoms. The molecule has 0 aromatic carbocycles. The molecular formula is C19H23ClN8O3. The van der Waals surface area contributed by atoms with Gasteiger partial charge in [-0.2, -0.15) is 4.80 Å². The molecule has 3 N–H and O–H groups in total. The van der Waals surface area contributed by atoms with Crippen LogP contribution in [-0.2, 0) is 7.05 Å². The van der Waals surface area contributed by atoms with E-state index in [2.05, 4.69) is 34.9 Å². The van der Waals surface area contributed by atoms with Crippen molar-refractivity contribution in [2.45, 2.75) is 50.9 Å². The summed E-state index contributed by atoms with van der Waals surface area (Å²) in [6.45, 7) is 2.60. The van der Waals surface area contributed by atoms with Crippen molar-refractivity contribution >= 4 is 40.0 Å². The first-order valence-electron chi connectivity index (χ1n) is 9.82. The summed E-state index contributed by atoms with van der Waals surface area (Å²) in [4.78, 5) is 24.7. The van der Waals surface area contributed by atoms with Crippen LogP contribution in [-0.4, -0.2) is 62.0 Å². The summed E-state index contributed by atoms with van der Waals surface area (Å²) in [5.74, 6) is -0.440. The monoisotopic (exact) mass is 446 g/mol. The summed E-state index contributed by atoms with van der Waals surface area (Å²) in [5, 5.41) is 29.6. The Hall–Kier alpha value is -2.89. The number of rotatable bonds is 3. The lowest BCUT2D eigenvalue weighted by Gasteiger charge is -2.12. The number of aryl methyl sites for hydroxylation is 1. The zero-order chi connectivity index (χ0) is 22.3. The van der Waals surface area contributed by atoms with Gasteiger partial charge in [0.05, 0.1) is 24.6 Å². The SMILES string of the molecule is CC(C)(O)O.Cn1nnc([C@@H]2CC[C@H](n3cnc4c5[nH]c(C=O)cc5c(Cl)nc43)C2)n1. The van der Waals surface area contributed by atoms with E-state index >= 15 is 0 Å². The number of tetrazole rings is 1. The topological polar surface area (TPSA) is 148 Å². The van der Waals surface area contributed by atoms with Crippen molar-refractivity contribution in [2.75, 3.05) is 0 Å². The van der Waals surface area contributed by atoms with Crippen LogP contribution in [0.2, 0.25) is 5.15 Å². The molecular weight excluding hydrogens is 424 g/mol. The number of aromatic nitrogens is 8. The second-order valence-electron chi connectivity index (χ2n) is 8.15. The van der Waals surface area contributed by atoms with Gasteiger partial charge in [0.25, 0.3) is 0 Å². The summed E-state index contributed by atoms with van der Waals surface area (Å²) in [6, 6.07) is 1.94. The Morgan fingerprint density at radius 2 is 2.06 bits per heavy atom. The maximum absolute atomic E-state index is 11.1. The van der Waals surface area contributed by atoms with Gasteiger partial charge in [-0.15, -0.1) is 10.2 Å². The van der Waals surface area contributed by atoms with E-state index in [0.717, 1.165) is 48.1 Å². The van der Waals surface area contributed by atoms with Gasteiger partial charge in [-0.1, -0.05) is 11.6 Å². The Labute approximate surface area is 182 Å². The van der Waals surface area contributed by atoms with Crippen LogP contribution >= 0.6 is 11.6 Å². The van der Waals surface area contributed by atoms with Crippen molar-refractivity contribution in [3.8, 4) is 0 Å². The number of imidazole rings is 1. The number of carbonyl (C=O) groups excluding carboxylic acids is 1. The van der Waals surface area contributed by atoms with Crippen LogP contribution in [0, 0.1) is 0 Å². The number of nitrogens with one attached hydrogen (secondary N) is 1. The molecule has 0 radical (unpaired) electrons. The number of aromatic amines is 1. The summed E-state index contributed by atoms with van der Waals surface area (Å²) in [6.07, 6.45) is 5.43. The van der Waals surface area contributed by atoms with E-state index in [1.165, 1.54) is 18.6 Å². The highest BCUT2D eigenvalue weighted by Crippen LogP contribution is 2.41. The third kappa shape index (κ3) is 4.43. The van der Waals surface area contributed by atoms with Gasteiger partial charge in [0.15, 0.2) is 23.5 Å². The van der Waals surface area contributed by atoms with Crippen molar-refractivity contribution in [3.05, 3.63) is 29.1 Å². The summed E-state index contributed by atoms with van der Waals surface area (Å²) < 4.78 is 2.07. The normalized spacial score (nSPS) is 19.0. The minimum absolute atomic E-state index is 0.246. The minimum Gasteiger partial charge on any atom is -0.366 e. The number of aliphatic hydroxyl groups is 2. The van der Waals surface area contributed by atoms with E-state index in [4.69, 9.17) is 21.8 Å². The number of hydrogen-bond acceptors (Lipinski definition) is 8. The standard InChI is InChI=1S/C16H15ClN8O.C3H8O2/c1-24-22-15(21-23-24)8-2-3-10(4-8)25-7-18-13-12-11(5-9(6-26)19-12)14(17)20-16(13)25;1-3(2,4)5/h5-8,10,19H,2-4H2,1H3;4-5H,1-2H3/t8-,10+;/m1./s1. The van der Waals surface area contributed by atoms with Gasteiger partial charge in [-0.25, -0.2) is 9.97 Å². The van der Waals surface area contributed by atoms with E-state index in [1.807, 2.05) is 0 Å². The largest absolute Gasteiger partial charge is 0.366 e. The number of aldehydes is 1. The zero-order valence-electron chi connectivity index (χ0n) is 17.3. The number of pyridine rings is 1. The fourth-order valence-electron chi connectivity index (χ4n) is 3.86. The molecule has 0 amide bonds. The summed E-state index contributed by atoms with van der Waals surface area (Å²) >= 11 is 6.35. The molecule has 5 rings (SSSR count). The number of fused-ring (bicyclic) bond motifs is 3. The van der Waals surface area contributed by atoms with Crippen LogP contribution in [0.25, 0.3) is 22.1 Å². The van der Waals surface area contributed by atoms with Crippen LogP contribution in [0.3, 0.4) is 0 Å². The highest BCUT2D eigenvalue weighted by Gasteiger charge is 2.31. The molecule has 4 heterocycles. The highest BCUT2D eigenvalue weighted by atomic mass is 35.5. The molecule has 0 unspecified atom stereocenters. The van der Waals surface area contributed by atoms with E-state index in [0.29, 0.717) is 16.2 Å². The number of H-pyrrole nitrogens is 1. The molecule has 164 valence electrons. The molecule has 1 aliphatic carbocycles. The summed E-state index contributed by atoms with van der Waals surface area (Å²) in [5.41, 5.74) is 2.64. The molecule has 12 heteroatoms. The fraction of sp³-hybridized carbons (Fsp3) is 0.474. The van der Waals surface area contributed by atoms with Gasteiger partial charge in [0.2, 0.25) is 0 Å². The van der Waals surface area contributed by atoms with Gasteiger partial charge >= 0.3 is 0 Å². The first-order chi connectivity index (χ1) is 14.6. The van der Waals surface area contributed by atoms with Crippen molar-refractivity contribution in [3.63, 3.8) is 0 Å². The van der Waals surface area contributed by atoms with Crippen molar-refractivity contribution < 1.29 is 15.0 Å². The predicted molar refractivity (Wildman–Crippen MR) is 113 cm³/mol. The van der Waals surface area contributed by atoms with Crippen LogP contribution in [0.4, 0.5) is 0 Å². The van der Waals surface area contributed by atoms with Crippen LogP contribution in [0.5, 0.6) is 0 Å². The molecule has 1 saturated carbocycles. The maximum Gasteiger partial charge on any atom is 0.177 e. The number of carbonyl (C=O) groups is 1. The molecule has 1 aliphatic rings.